The molecule has 32 heavy (non-hydrogen) atoms. The van der Waals surface area contributed by atoms with Crippen LogP contribution in [0.2, 0.25) is 0 Å². The molecule has 1 fully saturated rings. The molecule has 0 bridgehead atoms. The number of aromatic amines is 2. The summed E-state index contributed by atoms with van der Waals surface area (Å²) in [4.78, 5) is 34.4. The van der Waals surface area contributed by atoms with Crippen molar-refractivity contribution in [3.63, 3.8) is 0 Å². The number of aromatic nitrogens is 2. The van der Waals surface area contributed by atoms with Crippen molar-refractivity contribution in [2.45, 2.75) is 24.9 Å². The normalized spacial score (nSPS) is 17.7. The van der Waals surface area contributed by atoms with E-state index < -0.39 is 18.1 Å². The first-order valence-corrected chi connectivity index (χ1v) is 10.9. The highest BCUT2D eigenvalue weighted by atomic mass is 16.5. The van der Waals surface area contributed by atoms with E-state index in [0.29, 0.717) is 25.9 Å². The maximum atomic E-state index is 13.5. The number of ether oxygens (including phenoxy) is 1. The lowest BCUT2D eigenvalue weighted by Gasteiger charge is -2.37. The number of methoxy groups -OCH3 is 1. The number of H-pyrrole nitrogens is 2. The van der Waals surface area contributed by atoms with Gasteiger partial charge in [0, 0.05) is 53.7 Å². The predicted octanol–water partition coefficient (Wildman–Crippen LogP) is 2.78. The Morgan fingerprint density at radius 3 is 2.34 bits per heavy atom. The van der Waals surface area contributed by atoms with Gasteiger partial charge >= 0.3 is 5.97 Å². The average molecular weight is 431 g/mol. The number of nitrogens with zero attached hydrogens (tertiary/aromatic N) is 1. The Kier molecular flexibility index (Phi) is 5.41. The molecule has 0 saturated carbocycles. The lowest BCUT2D eigenvalue weighted by molar-refractivity contribution is -0.154. The van der Waals surface area contributed by atoms with Crippen molar-refractivity contribution in [2.75, 3.05) is 20.2 Å². The summed E-state index contributed by atoms with van der Waals surface area (Å²) in [5, 5.41) is 5.51. The van der Waals surface area contributed by atoms with Crippen molar-refractivity contribution in [1.29, 1.82) is 0 Å². The van der Waals surface area contributed by atoms with Crippen LogP contribution in [0.5, 0.6) is 0 Å². The van der Waals surface area contributed by atoms with E-state index >= 15 is 0 Å². The lowest BCUT2D eigenvalue weighted by atomic mass is 9.99. The Labute approximate surface area is 185 Å². The highest BCUT2D eigenvalue weighted by Gasteiger charge is 2.37. The fraction of sp³-hybridized carbons (Fsp3) is 0.280. The summed E-state index contributed by atoms with van der Waals surface area (Å²) in [6, 6.07) is 15.0. The zero-order valence-electron chi connectivity index (χ0n) is 17.9. The predicted molar refractivity (Wildman–Crippen MR) is 123 cm³/mol. The lowest BCUT2D eigenvalue weighted by Crippen LogP contribution is -2.60. The monoisotopic (exact) mass is 430 g/mol. The Hall–Kier alpha value is -3.58. The fourth-order valence-corrected chi connectivity index (χ4v) is 4.71. The van der Waals surface area contributed by atoms with E-state index in [1.165, 1.54) is 7.11 Å². The van der Waals surface area contributed by atoms with Gasteiger partial charge in [0.2, 0.25) is 5.91 Å². The second-order valence-corrected chi connectivity index (χ2v) is 8.20. The molecular weight excluding hydrogens is 404 g/mol. The van der Waals surface area contributed by atoms with Gasteiger partial charge in [-0.15, -0.1) is 0 Å². The van der Waals surface area contributed by atoms with Gasteiger partial charge in [0.15, 0.2) is 0 Å². The molecule has 4 aromatic rings. The SMILES string of the molecule is COC(=O)[C@H](Cc1c[nH]c2ccccc12)N1CCN[C@@H](Cc2c[nH]c3ccccc23)C1=O. The minimum atomic E-state index is -0.667. The van der Waals surface area contributed by atoms with Crippen LogP contribution < -0.4 is 5.32 Å². The summed E-state index contributed by atoms with van der Waals surface area (Å²) >= 11 is 0. The van der Waals surface area contributed by atoms with Gasteiger partial charge in [-0.25, -0.2) is 4.79 Å². The molecule has 0 aliphatic carbocycles. The van der Waals surface area contributed by atoms with Crippen molar-refractivity contribution in [2.24, 2.45) is 0 Å². The minimum absolute atomic E-state index is 0.0724. The van der Waals surface area contributed by atoms with Crippen molar-refractivity contribution >= 4 is 33.7 Å². The van der Waals surface area contributed by atoms with Crippen LogP contribution in [0, 0.1) is 0 Å². The molecule has 3 N–H and O–H groups in total. The van der Waals surface area contributed by atoms with Crippen LogP contribution in [0.4, 0.5) is 0 Å². The molecule has 0 unspecified atom stereocenters. The molecule has 1 saturated heterocycles. The number of esters is 1. The van der Waals surface area contributed by atoms with E-state index in [-0.39, 0.29) is 5.91 Å². The standard InChI is InChI=1S/C25H26N4O3/c1-32-25(31)23(13-17-15-28-21-9-5-3-7-19(17)21)29-11-10-26-22(24(29)30)12-16-14-27-20-8-4-2-6-18(16)20/h2-9,14-15,22-23,26-28H,10-13H2,1H3/t22-,23-/m0/s1. The number of carbonyl (C=O) groups excluding carboxylic acids is 2. The van der Waals surface area contributed by atoms with E-state index in [0.717, 1.165) is 32.9 Å². The summed E-state index contributed by atoms with van der Waals surface area (Å²) in [5.41, 5.74) is 4.14. The third-order valence-corrected chi connectivity index (χ3v) is 6.36. The summed E-state index contributed by atoms with van der Waals surface area (Å²) < 4.78 is 5.11. The number of fused-ring (bicyclic) bond motifs is 2. The topological polar surface area (TPSA) is 90.2 Å². The number of rotatable bonds is 6. The van der Waals surface area contributed by atoms with Gasteiger partial charge in [-0.3, -0.25) is 4.79 Å². The molecule has 7 nitrogen and oxygen atoms in total. The largest absolute Gasteiger partial charge is 0.467 e. The van der Waals surface area contributed by atoms with Crippen molar-refractivity contribution in [3.05, 3.63) is 72.1 Å². The van der Waals surface area contributed by atoms with Crippen LogP contribution in [0.15, 0.2) is 60.9 Å². The molecule has 0 radical (unpaired) electrons. The smallest absolute Gasteiger partial charge is 0.328 e. The average Bonchev–Trinajstić information content (AvgIpc) is 3.43. The first-order valence-electron chi connectivity index (χ1n) is 10.9. The third-order valence-electron chi connectivity index (χ3n) is 6.36. The summed E-state index contributed by atoms with van der Waals surface area (Å²) in [6.07, 6.45) is 4.83. The van der Waals surface area contributed by atoms with Crippen LogP contribution in [-0.2, 0) is 27.2 Å². The zero-order chi connectivity index (χ0) is 22.1. The van der Waals surface area contributed by atoms with Crippen molar-refractivity contribution in [1.82, 2.24) is 20.2 Å². The molecule has 0 spiro atoms. The first kappa shape index (κ1) is 20.3. The number of amides is 1. The Balaban J connectivity index is 1.40. The highest BCUT2D eigenvalue weighted by molar-refractivity contribution is 5.91. The molecule has 2 aromatic carbocycles. The number of benzene rings is 2. The number of para-hydroxylation sites is 2. The maximum absolute atomic E-state index is 13.5. The summed E-state index contributed by atoms with van der Waals surface area (Å²) in [6.45, 7) is 1.09. The first-order chi connectivity index (χ1) is 15.7. The van der Waals surface area contributed by atoms with Gasteiger partial charge in [0.25, 0.3) is 0 Å². The molecule has 5 rings (SSSR count). The molecule has 2 atom stereocenters. The van der Waals surface area contributed by atoms with E-state index in [1.54, 1.807) is 4.90 Å². The number of piperazine rings is 1. The van der Waals surface area contributed by atoms with Gasteiger partial charge < -0.3 is 24.9 Å². The number of carbonyl (C=O) groups is 2. The summed E-state index contributed by atoms with van der Waals surface area (Å²) in [5.74, 6) is -0.465. The van der Waals surface area contributed by atoms with Gasteiger partial charge in [-0.1, -0.05) is 36.4 Å². The van der Waals surface area contributed by atoms with Gasteiger partial charge in [-0.2, -0.15) is 0 Å². The highest BCUT2D eigenvalue weighted by Crippen LogP contribution is 2.24. The summed E-state index contributed by atoms with van der Waals surface area (Å²) in [7, 11) is 1.38. The maximum Gasteiger partial charge on any atom is 0.328 e. The molecule has 2 aromatic heterocycles. The molecule has 1 aliphatic heterocycles. The van der Waals surface area contributed by atoms with E-state index in [1.807, 2.05) is 54.9 Å². The van der Waals surface area contributed by atoms with Gasteiger partial charge in [0.05, 0.1) is 13.2 Å². The van der Waals surface area contributed by atoms with E-state index in [2.05, 4.69) is 21.4 Å². The number of nitrogens with one attached hydrogen (secondary N) is 3. The number of hydrogen-bond donors (Lipinski definition) is 3. The van der Waals surface area contributed by atoms with E-state index in [9.17, 15) is 9.59 Å². The Morgan fingerprint density at radius 1 is 1.03 bits per heavy atom. The van der Waals surface area contributed by atoms with Gasteiger partial charge in [0.1, 0.15) is 6.04 Å². The second kappa shape index (κ2) is 8.51. The zero-order valence-corrected chi connectivity index (χ0v) is 17.9. The van der Waals surface area contributed by atoms with E-state index in [4.69, 9.17) is 4.74 Å². The van der Waals surface area contributed by atoms with Crippen LogP contribution in [0.25, 0.3) is 21.8 Å². The molecule has 7 heteroatoms. The quantitative estimate of drug-likeness (QED) is 0.410. The second-order valence-electron chi connectivity index (χ2n) is 8.20. The molecule has 164 valence electrons. The molecule has 1 aliphatic rings. The molecule has 3 heterocycles. The van der Waals surface area contributed by atoms with Crippen LogP contribution >= 0.6 is 0 Å². The number of hydrogen-bond acceptors (Lipinski definition) is 4. The minimum Gasteiger partial charge on any atom is -0.467 e. The van der Waals surface area contributed by atoms with Crippen molar-refractivity contribution < 1.29 is 14.3 Å². The van der Waals surface area contributed by atoms with Crippen LogP contribution in [0.3, 0.4) is 0 Å². The molecule has 1 amide bonds. The Bertz CT molecular complexity index is 1270. The van der Waals surface area contributed by atoms with Gasteiger partial charge in [-0.05, 0) is 29.7 Å². The van der Waals surface area contributed by atoms with Crippen LogP contribution in [0.1, 0.15) is 11.1 Å². The fourth-order valence-electron chi connectivity index (χ4n) is 4.71. The van der Waals surface area contributed by atoms with Crippen LogP contribution in [-0.4, -0.2) is 59.0 Å². The third kappa shape index (κ3) is 3.65. The molecular formula is C25H26N4O3. The Morgan fingerprint density at radius 2 is 1.66 bits per heavy atom. The van der Waals surface area contributed by atoms with Crippen molar-refractivity contribution in [3.8, 4) is 0 Å².